The van der Waals surface area contributed by atoms with Gasteiger partial charge in [-0.25, -0.2) is 4.79 Å². The first-order valence-electron chi connectivity index (χ1n) is 19.0. The van der Waals surface area contributed by atoms with Gasteiger partial charge in [-0.1, -0.05) is 91.8 Å². The summed E-state index contributed by atoms with van der Waals surface area (Å²) in [6.45, 7) is 32.8. The molecule has 4 rings (SSSR count). The van der Waals surface area contributed by atoms with Crippen LogP contribution in [-0.4, -0.2) is 58.9 Å². The quantitative estimate of drug-likeness (QED) is 0.138. The number of hydrogen-bond donors (Lipinski definition) is 1. The summed E-state index contributed by atoms with van der Waals surface area (Å²) in [6.07, 6.45) is 16.5. The SMILES string of the molecule is C=C1/C(=C/C=C2\CCC[C@]3(C)[C@@H]([C@H](C)/C=C/C(O)C4(OC(=O)OC)CC4)CC[C@@H]23)CC(O[Si](C)(C)C(C)(C)C)CC1O[Si](C)(C)C(C)(C)C. The number of methoxy groups -OCH3 is 1. The first-order chi connectivity index (χ1) is 22.5. The molecule has 0 heterocycles. The van der Waals surface area contributed by atoms with Crippen LogP contribution in [-0.2, 0) is 18.3 Å². The van der Waals surface area contributed by atoms with E-state index in [9.17, 15) is 9.90 Å². The van der Waals surface area contributed by atoms with Gasteiger partial charge in [0.15, 0.2) is 16.6 Å². The van der Waals surface area contributed by atoms with Crippen LogP contribution < -0.4 is 0 Å². The summed E-state index contributed by atoms with van der Waals surface area (Å²) in [5.74, 6) is 1.40. The zero-order chi connectivity index (χ0) is 36.8. The normalized spacial score (nSPS) is 32.3. The topological polar surface area (TPSA) is 74.2 Å². The van der Waals surface area contributed by atoms with Crippen molar-refractivity contribution < 1.29 is 28.2 Å². The number of carbonyl (C=O) groups is 1. The fraction of sp³-hybridized carbons (Fsp3) is 0.780. The highest BCUT2D eigenvalue weighted by atomic mass is 28.4. The van der Waals surface area contributed by atoms with E-state index >= 15 is 0 Å². The number of hydrogen-bond acceptors (Lipinski definition) is 6. The van der Waals surface area contributed by atoms with Crippen molar-refractivity contribution in [3.8, 4) is 0 Å². The van der Waals surface area contributed by atoms with Crippen LogP contribution in [0.15, 0.2) is 47.6 Å². The van der Waals surface area contributed by atoms with Gasteiger partial charge in [-0.15, -0.1) is 0 Å². The third-order valence-corrected chi connectivity index (χ3v) is 22.8. The van der Waals surface area contributed by atoms with E-state index in [1.54, 1.807) is 5.57 Å². The highest BCUT2D eigenvalue weighted by Crippen LogP contribution is 2.60. The van der Waals surface area contributed by atoms with E-state index in [-0.39, 0.29) is 27.7 Å². The highest BCUT2D eigenvalue weighted by Gasteiger charge is 2.54. The van der Waals surface area contributed by atoms with Gasteiger partial charge in [0.25, 0.3) is 0 Å². The van der Waals surface area contributed by atoms with Crippen LogP contribution in [0.1, 0.15) is 113 Å². The molecule has 278 valence electrons. The number of rotatable bonds is 10. The fourth-order valence-corrected chi connectivity index (χ4v) is 11.0. The van der Waals surface area contributed by atoms with Crippen molar-refractivity contribution in [3.63, 3.8) is 0 Å². The summed E-state index contributed by atoms with van der Waals surface area (Å²) in [4.78, 5) is 11.7. The van der Waals surface area contributed by atoms with Crippen LogP contribution in [0.3, 0.4) is 0 Å². The lowest BCUT2D eigenvalue weighted by Crippen LogP contribution is -2.49. The Morgan fingerprint density at radius 3 is 2.14 bits per heavy atom. The molecule has 7 atom stereocenters. The molecule has 0 spiro atoms. The van der Waals surface area contributed by atoms with Crippen LogP contribution >= 0.6 is 0 Å². The summed E-state index contributed by atoms with van der Waals surface area (Å²) < 4.78 is 24.3. The summed E-state index contributed by atoms with van der Waals surface area (Å²) in [7, 11) is -2.68. The zero-order valence-corrected chi connectivity index (χ0v) is 35.3. The van der Waals surface area contributed by atoms with Crippen molar-refractivity contribution in [1.29, 1.82) is 0 Å². The van der Waals surface area contributed by atoms with Crippen LogP contribution in [0.2, 0.25) is 36.3 Å². The maximum absolute atomic E-state index is 11.7. The van der Waals surface area contributed by atoms with E-state index < -0.39 is 34.5 Å². The van der Waals surface area contributed by atoms with Crippen LogP contribution in [0, 0.1) is 23.2 Å². The standard InChI is InChI=1S/C41H70O6Si2/c1-28(17-22-36(42)41(24-25-41)45-37(43)44-10)33-20-21-34-30(16-15-23-40(33,34)9)18-19-31-26-32(46-48(11,12)38(3,4)5)27-35(29(31)2)47-49(13,14)39(6,7)8/h17-19,22,28,32-36,42H,2,15-16,20-21,23-27H2,1,3-14H3/b22-17+,30-18+,31-19+/t28-,32?,33-,34+,35?,36?,40-/m1/s1. The predicted octanol–water partition coefficient (Wildman–Crippen LogP) is 11.1. The van der Waals surface area contributed by atoms with E-state index in [0.717, 1.165) is 24.8 Å². The minimum absolute atomic E-state index is 0.0164. The Bertz CT molecular complexity index is 1310. The average Bonchev–Trinajstić information content (AvgIpc) is 3.67. The van der Waals surface area contributed by atoms with Crippen molar-refractivity contribution in [1.82, 2.24) is 0 Å². The average molecular weight is 715 g/mol. The third kappa shape index (κ3) is 8.78. The van der Waals surface area contributed by atoms with E-state index in [1.165, 1.54) is 38.4 Å². The number of allylic oxidation sites excluding steroid dienone is 4. The predicted molar refractivity (Wildman–Crippen MR) is 207 cm³/mol. The fourth-order valence-electron chi connectivity index (χ4n) is 8.29. The molecule has 0 bridgehead atoms. The Morgan fingerprint density at radius 1 is 0.959 bits per heavy atom. The Morgan fingerprint density at radius 2 is 1.57 bits per heavy atom. The van der Waals surface area contributed by atoms with Gasteiger partial charge in [-0.2, -0.15) is 0 Å². The summed E-state index contributed by atoms with van der Waals surface area (Å²) in [5.41, 5.74) is 3.39. The van der Waals surface area contributed by atoms with E-state index in [0.29, 0.717) is 30.6 Å². The summed E-state index contributed by atoms with van der Waals surface area (Å²) in [5, 5.41) is 11.2. The van der Waals surface area contributed by atoms with Gasteiger partial charge >= 0.3 is 6.16 Å². The highest BCUT2D eigenvalue weighted by molar-refractivity contribution is 6.74. The smallest absolute Gasteiger partial charge is 0.438 e. The zero-order valence-electron chi connectivity index (χ0n) is 33.3. The van der Waals surface area contributed by atoms with Crippen molar-refractivity contribution in [2.45, 2.75) is 173 Å². The van der Waals surface area contributed by atoms with Gasteiger partial charge in [0.05, 0.1) is 19.3 Å². The first-order valence-corrected chi connectivity index (χ1v) is 24.9. The molecule has 0 aromatic heterocycles. The Hall–Kier alpha value is -1.46. The molecule has 3 unspecified atom stereocenters. The second-order valence-electron chi connectivity index (χ2n) is 19.2. The monoisotopic (exact) mass is 714 g/mol. The number of carbonyl (C=O) groups excluding carboxylic acids is 1. The lowest BCUT2D eigenvalue weighted by Gasteiger charge is -2.45. The third-order valence-electron chi connectivity index (χ3n) is 13.7. The molecule has 0 aromatic carbocycles. The van der Waals surface area contributed by atoms with Gasteiger partial charge < -0.3 is 23.4 Å². The number of ether oxygens (including phenoxy) is 2. The minimum atomic E-state index is -2.02. The molecule has 0 amide bonds. The van der Waals surface area contributed by atoms with Crippen LogP contribution in [0.4, 0.5) is 4.79 Å². The van der Waals surface area contributed by atoms with Crippen molar-refractivity contribution in [3.05, 3.63) is 47.6 Å². The lowest BCUT2D eigenvalue weighted by atomic mass is 9.61. The number of fused-ring (bicyclic) bond motifs is 1. The molecule has 4 aliphatic rings. The van der Waals surface area contributed by atoms with E-state index in [2.05, 4.69) is 111 Å². The maximum atomic E-state index is 11.7. The molecule has 4 fully saturated rings. The largest absolute Gasteiger partial charge is 0.508 e. The van der Waals surface area contributed by atoms with Gasteiger partial charge in [-0.05, 0) is 122 Å². The maximum Gasteiger partial charge on any atom is 0.508 e. The first kappa shape index (κ1) is 40.3. The molecular weight excluding hydrogens is 645 g/mol. The van der Waals surface area contributed by atoms with E-state index in [1.807, 2.05) is 6.08 Å². The van der Waals surface area contributed by atoms with E-state index in [4.69, 9.17) is 13.6 Å². The molecular formula is C41H70O6Si2. The van der Waals surface area contributed by atoms with Crippen molar-refractivity contribution in [2.75, 3.05) is 7.11 Å². The Labute approximate surface area is 301 Å². The number of aliphatic hydroxyl groups is 1. The molecule has 0 radical (unpaired) electrons. The minimum Gasteiger partial charge on any atom is -0.438 e. The summed E-state index contributed by atoms with van der Waals surface area (Å²) >= 11 is 0. The van der Waals surface area contributed by atoms with Crippen molar-refractivity contribution in [2.24, 2.45) is 23.2 Å². The van der Waals surface area contributed by atoms with Crippen molar-refractivity contribution >= 4 is 22.8 Å². The van der Waals surface area contributed by atoms with Gasteiger partial charge in [0.1, 0.15) is 11.7 Å². The molecule has 4 saturated carbocycles. The molecule has 8 heteroatoms. The second-order valence-corrected chi connectivity index (χ2v) is 28.7. The molecule has 49 heavy (non-hydrogen) atoms. The molecule has 0 aliphatic heterocycles. The molecule has 1 N–H and O–H groups in total. The second kappa shape index (κ2) is 14.5. The molecule has 0 saturated heterocycles. The van der Waals surface area contributed by atoms with Gasteiger partial charge in [-0.3, -0.25) is 0 Å². The number of aliphatic hydroxyl groups excluding tert-OH is 1. The Kier molecular flexibility index (Phi) is 11.9. The lowest BCUT2D eigenvalue weighted by molar-refractivity contribution is -0.0245. The molecule has 4 aliphatic carbocycles. The van der Waals surface area contributed by atoms with Crippen LogP contribution in [0.25, 0.3) is 0 Å². The molecule has 6 nitrogen and oxygen atoms in total. The summed E-state index contributed by atoms with van der Waals surface area (Å²) in [6, 6.07) is 0. The van der Waals surface area contributed by atoms with Gasteiger partial charge in [0.2, 0.25) is 0 Å². The Balaban J connectivity index is 1.54. The van der Waals surface area contributed by atoms with Crippen LogP contribution in [0.5, 0.6) is 0 Å². The van der Waals surface area contributed by atoms with Gasteiger partial charge in [0, 0.05) is 6.42 Å². The molecule has 0 aromatic rings.